The van der Waals surface area contributed by atoms with Crippen LogP contribution in [0.25, 0.3) is 0 Å². The van der Waals surface area contributed by atoms with Gasteiger partial charge in [0, 0.05) is 31.5 Å². The summed E-state index contributed by atoms with van der Waals surface area (Å²) in [5, 5.41) is 13.2. The van der Waals surface area contributed by atoms with E-state index in [4.69, 9.17) is 0 Å². The summed E-state index contributed by atoms with van der Waals surface area (Å²) in [5.74, 6) is 0. The number of aryl methyl sites for hydroxylation is 1. The Hall–Kier alpha value is -0.970. The van der Waals surface area contributed by atoms with E-state index in [9.17, 15) is 5.11 Å². The first-order valence-electron chi connectivity index (χ1n) is 6.77. The molecule has 0 bridgehead atoms. The molecule has 1 unspecified atom stereocenters. The first kappa shape index (κ1) is 13.5. The van der Waals surface area contributed by atoms with E-state index < -0.39 is 0 Å². The van der Waals surface area contributed by atoms with Gasteiger partial charge in [0.2, 0.25) is 0 Å². The number of nitrogens with zero attached hydrogens (tertiary/aromatic N) is 2. The Balaban J connectivity index is 1.63. The standard InChI is InChI=1S/C14H23N3O/c1-12-4-5-13(9-16-12)8-15-10-14(18)11-17-6-2-3-7-17/h4-5,9,14-15,18H,2-3,6-8,10-11H2,1H3. The number of hydrogen-bond donors (Lipinski definition) is 2. The van der Waals surface area contributed by atoms with Crippen molar-refractivity contribution in [1.29, 1.82) is 0 Å². The number of pyridine rings is 1. The number of aliphatic hydroxyl groups is 1. The molecule has 2 heterocycles. The quantitative estimate of drug-likeness (QED) is 0.787. The van der Waals surface area contributed by atoms with Crippen molar-refractivity contribution in [2.45, 2.75) is 32.4 Å². The summed E-state index contributed by atoms with van der Waals surface area (Å²) in [7, 11) is 0. The van der Waals surface area contributed by atoms with E-state index in [1.807, 2.05) is 19.2 Å². The van der Waals surface area contributed by atoms with Crippen LogP contribution >= 0.6 is 0 Å². The van der Waals surface area contributed by atoms with Crippen LogP contribution in [-0.2, 0) is 6.54 Å². The highest BCUT2D eigenvalue weighted by atomic mass is 16.3. The Morgan fingerprint density at radius 1 is 1.39 bits per heavy atom. The maximum atomic E-state index is 9.91. The Morgan fingerprint density at radius 2 is 2.17 bits per heavy atom. The number of rotatable bonds is 6. The predicted molar refractivity (Wildman–Crippen MR) is 72.4 cm³/mol. The summed E-state index contributed by atoms with van der Waals surface area (Å²) in [6.07, 6.45) is 4.15. The second kappa shape index (κ2) is 6.83. The van der Waals surface area contributed by atoms with Gasteiger partial charge in [0.25, 0.3) is 0 Å². The molecule has 18 heavy (non-hydrogen) atoms. The molecular formula is C14H23N3O. The van der Waals surface area contributed by atoms with Gasteiger partial charge in [-0.3, -0.25) is 4.98 Å². The zero-order valence-electron chi connectivity index (χ0n) is 11.1. The molecule has 1 aromatic heterocycles. The van der Waals surface area contributed by atoms with Gasteiger partial charge in [-0.05, 0) is 44.5 Å². The molecule has 100 valence electrons. The molecule has 2 rings (SSSR count). The van der Waals surface area contributed by atoms with E-state index in [0.717, 1.165) is 37.4 Å². The molecule has 0 aliphatic carbocycles. The number of aromatic nitrogens is 1. The molecule has 1 aromatic rings. The van der Waals surface area contributed by atoms with Crippen molar-refractivity contribution in [3.63, 3.8) is 0 Å². The van der Waals surface area contributed by atoms with Crippen LogP contribution in [0, 0.1) is 6.92 Å². The minimum atomic E-state index is -0.276. The highest BCUT2D eigenvalue weighted by Crippen LogP contribution is 2.07. The van der Waals surface area contributed by atoms with Gasteiger partial charge in [0.15, 0.2) is 0 Å². The average molecular weight is 249 g/mol. The van der Waals surface area contributed by atoms with Gasteiger partial charge in [-0.15, -0.1) is 0 Å². The van der Waals surface area contributed by atoms with Crippen molar-refractivity contribution in [1.82, 2.24) is 15.2 Å². The van der Waals surface area contributed by atoms with E-state index >= 15 is 0 Å². The van der Waals surface area contributed by atoms with Crippen molar-refractivity contribution in [2.75, 3.05) is 26.2 Å². The molecule has 4 nitrogen and oxygen atoms in total. The smallest absolute Gasteiger partial charge is 0.0791 e. The zero-order valence-corrected chi connectivity index (χ0v) is 11.1. The summed E-state index contributed by atoms with van der Waals surface area (Å²) in [6.45, 7) is 6.46. The molecule has 0 radical (unpaired) electrons. The van der Waals surface area contributed by atoms with Crippen LogP contribution in [0.2, 0.25) is 0 Å². The number of β-amino-alcohol motifs (C(OH)–C–C–N with tert-alkyl or cyclic N) is 1. The molecule has 1 saturated heterocycles. The molecule has 0 aromatic carbocycles. The fourth-order valence-corrected chi connectivity index (χ4v) is 2.31. The van der Waals surface area contributed by atoms with Crippen molar-refractivity contribution in [3.8, 4) is 0 Å². The maximum Gasteiger partial charge on any atom is 0.0791 e. The van der Waals surface area contributed by atoms with Gasteiger partial charge in [-0.1, -0.05) is 6.07 Å². The largest absolute Gasteiger partial charge is 0.390 e. The minimum Gasteiger partial charge on any atom is -0.390 e. The molecule has 1 fully saturated rings. The zero-order chi connectivity index (χ0) is 12.8. The lowest BCUT2D eigenvalue weighted by molar-refractivity contribution is 0.123. The van der Waals surface area contributed by atoms with Crippen molar-refractivity contribution < 1.29 is 5.11 Å². The Labute approximate surface area is 109 Å². The Bertz CT molecular complexity index is 347. The number of likely N-dealkylation sites (tertiary alicyclic amines) is 1. The summed E-state index contributed by atoms with van der Waals surface area (Å²) in [5.41, 5.74) is 2.20. The van der Waals surface area contributed by atoms with Gasteiger partial charge in [0.1, 0.15) is 0 Å². The van der Waals surface area contributed by atoms with Crippen LogP contribution in [0.5, 0.6) is 0 Å². The fourth-order valence-electron chi connectivity index (χ4n) is 2.31. The lowest BCUT2D eigenvalue weighted by Gasteiger charge is -2.19. The van der Waals surface area contributed by atoms with Crippen LogP contribution in [0.15, 0.2) is 18.3 Å². The second-order valence-corrected chi connectivity index (χ2v) is 5.10. The lowest BCUT2D eigenvalue weighted by atomic mass is 10.2. The van der Waals surface area contributed by atoms with E-state index in [0.29, 0.717) is 6.54 Å². The van der Waals surface area contributed by atoms with Crippen LogP contribution in [0.4, 0.5) is 0 Å². The minimum absolute atomic E-state index is 0.276. The second-order valence-electron chi connectivity index (χ2n) is 5.10. The van der Waals surface area contributed by atoms with Crippen LogP contribution < -0.4 is 5.32 Å². The first-order valence-corrected chi connectivity index (χ1v) is 6.77. The van der Waals surface area contributed by atoms with Gasteiger partial charge in [0.05, 0.1) is 6.10 Å². The normalized spacial score (nSPS) is 18.1. The highest BCUT2D eigenvalue weighted by Gasteiger charge is 2.15. The predicted octanol–water partition coefficient (Wildman–Crippen LogP) is 0.936. The third-order valence-electron chi connectivity index (χ3n) is 3.35. The number of aliphatic hydroxyl groups excluding tert-OH is 1. The van der Waals surface area contributed by atoms with Gasteiger partial charge < -0.3 is 15.3 Å². The highest BCUT2D eigenvalue weighted by molar-refractivity contribution is 5.12. The van der Waals surface area contributed by atoms with Crippen LogP contribution in [0.3, 0.4) is 0 Å². The molecule has 2 N–H and O–H groups in total. The van der Waals surface area contributed by atoms with Crippen LogP contribution in [0.1, 0.15) is 24.1 Å². The van der Waals surface area contributed by atoms with Gasteiger partial charge in [-0.25, -0.2) is 0 Å². The third kappa shape index (κ3) is 4.37. The Morgan fingerprint density at radius 3 is 2.83 bits per heavy atom. The van der Waals surface area contributed by atoms with E-state index in [2.05, 4.69) is 21.3 Å². The maximum absolute atomic E-state index is 9.91. The lowest BCUT2D eigenvalue weighted by Crippen LogP contribution is -2.36. The summed E-state index contributed by atoms with van der Waals surface area (Å²) in [4.78, 5) is 6.58. The van der Waals surface area contributed by atoms with Crippen molar-refractivity contribution in [2.24, 2.45) is 0 Å². The van der Waals surface area contributed by atoms with E-state index in [-0.39, 0.29) is 6.10 Å². The fraction of sp³-hybridized carbons (Fsp3) is 0.643. The molecule has 1 aliphatic rings. The molecular weight excluding hydrogens is 226 g/mol. The SMILES string of the molecule is Cc1ccc(CNCC(O)CN2CCCC2)cn1. The topological polar surface area (TPSA) is 48.4 Å². The van der Waals surface area contributed by atoms with Gasteiger partial charge >= 0.3 is 0 Å². The molecule has 1 atom stereocenters. The number of nitrogens with one attached hydrogen (secondary N) is 1. The molecule has 0 saturated carbocycles. The van der Waals surface area contributed by atoms with E-state index in [1.54, 1.807) is 0 Å². The molecule has 1 aliphatic heterocycles. The summed E-state index contributed by atoms with van der Waals surface area (Å²) in [6, 6.07) is 4.08. The monoisotopic (exact) mass is 249 g/mol. The first-order chi connectivity index (χ1) is 8.74. The van der Waals surface area contributed by atoms with Crippen molar-refractivity contribution >= 4 is 0 Å². The molecule has 4 heteroatoms. The summed E-state index contributed by atoms with van der Waals surface area (Å²) < 4.78 is 0. The van der Waals surface area contributed by atoms with E-state index in [1.165, 1.54) is 12.8 Å². The summed E-state index contributed by atoms with van der Waals surface area (Å²) >= 11 is 0. The Kier molecular flexibility index (Phi) is 5.11. The molecule has 0 amide bonds. The number of hydrogen-bond acceptors (Lipinski definition) is 4. The average Bonchev–Trinajstić information content (AvgIpc) is 2.84. The molecule has 0 spiro atoms. The van der Waals surface area contributed by atoms with Crippen LogP contribution in [-0.4, -0.2) is 47.3 Å². The third-order valence-corrected chi connectivity index (χ3v) is 3.35. The van der Waals surface area contributed by atoms with Crippen molar-refractivity contribution in [3.05, 3.63) is 29.6 Å². The van der Waals surface area contributed by atoms with Gasteiger partial charge in [-0.2, -0.15) is 0 Å².